The molecule has 6 heteroatoms. The molecule has 0 aliphatic carbocycles. The lowest BCUT2D eigenvalue weighted by Gasteiger charge is -2.06. The van der Waals surface area contributed by atoms with Gasteiger partial charge in [-0.05, 0) is 35.4 Å². The van der Waals surface area contributed by atoms with E-state index in [1.807, 2.05) is 29.6 Å². The van der Waals surface area contributed by atoms with Gasteiger partial charge in [-0.15, -0.1) is 11.3 Å². The highest BCUT2D eigenvalue weighted by atomic mass is 35.5. The molecule has 0 spiro atoms. The highest BCUT2D eigenvalue weighted by Gasteiger charge is 2.15. The van der Waals surface area contributed by atoms with Gasteiger partial charge in [-0.2, -0.15) is 5.26 Å². The molecule has 2 aromatic carbocycles. The van der Waals surface area contributed by atoms with Crippen LogP contribution >= 0.6 is 46.1 Å². The first-order valence-corrected chi connectivity index (χ1v) is 8.94. The summed E-state index contributed by atoms with van der Waals surface area (Å²) in [5.41, 5.74) is 3.04. The van der Waals surface area contributed by atoms with Gasteiger partial charge >= 0.3 is 0 Å². The molecular weight excluding hydrogens is 385 g/mol. The van der Waals surface area contributed by atoms with Crippen molar-refractivity contribution in [2.75, 3.05) is 0 Å². The number of nitrogens with zero attached hydrogens (tertiary/aromatic N) is 1. The Morgan fingerprint density at radius 2 is 1.88 bits per heavy atom. The lowest BCUT2D eigenvalue weighted by atomic mass is 10.1. The molecule has 0 saturated heterocycles. The zero-order chi connectivity index (χ0) is 17.1. The number of ether oxygens (including phenoxy) is 1. The Labute approximate surface area is 158 Å². The zero-order valence-corrected chi connectivity index (χ0v) is 15.3. The number of thiophene rings is 1. The van der Waals surface area contributed by atoms with Crippen molar-refractivity contribution >= 4 is 46.1 Å². The van der Waals surface area contributed by atoms with Crippen LogP contribution in [-0.4, -0.2) is 0 Å². The monoisotopic (exact) mass is 393 g/mol. The molecule has 1 heterocycles. The molecule has 0 amide bonds. The molecule has 0 atom stereocenters. The molecule has 0 aliphatic rings. The van der Waals surface area contributed by atoms with Crippen LogP contribution < -0.4 is 4.74 Å². The maximum Gasteiger partial charge on any atom is 0.192 e. The van der Waals surface area contributed by atoms with Crippen molar-refractivity contribution in [1.29, 1.82) is 5.26 Å². The fraction of sp³-hybridized carbons (Fsp3) is 0.0556. The maximum absolute atomic E-state index is 9.51. The first-order valence-electron chi connectivity index (χ1n) is 6.92. The molecule has 0 unspecified atom stereocenters. The number of benzene rings is 2. The van der Waals surface area contributed by atoms with Crippen LogP contribution in [0.15, 0.2) is 47.8 Å². The van der Waals surface area contributed by atoms with E-state index in [-0.39, 0.29) is 0 Å². The van der Waals surface area contributed by atoms with Crippen LogP contribution in [0.5, 0.6) is 5.06 Å². The second kappa shape index (κ2) is 7.46. The van der Waals surface area contributed by atoms with Crippen molar-refractivity contribution in [3.05, 3.63) is 74.0 Å². The van der Waals surface area contributed by atoms with E-state index >= 15 is 0 Å². The SMILES string of the molecule is N#Cc1c(-c2ccc(Cl)c(Cl)c2)csc1OCc1cccc(Cl)c1. The third kappa shape index (κ3) is 3.68. The van der Waals surface area contributed by atoms with E-state index in [9.17, 15) is 5.26 Å². The fourth-order valence-electron chi connectivity index (χ4n) is 2.20. The Morgan fingerprint density at radius 3 is 2.58 bits per heavy atom. The molecular formula is C18H10Cl3NOS. The molecule has 0 fully saturated rings. The van der Waals surface area contributed by atoms with E-state index in [0.717, 1.165) is 16.7 Å². The number of hydrogen-bond donors (Lipinski definition) is 0. The Bertz CT molecular complexity index is 930. The van der Waals surface area contributed by atoms with Gasteiger partial charge in [0.25, 0.3) is 0 Å². The summed E-state index contributed by atoms with van der Waals surface area (Å²) in [4.78, 5) is 0. The van der Waals surface area contributed by atoms with Gasteiger partial charge in [-0.25, -0.2) is 0 Å². The van der Waals surface area contributed by atoms with Crippen molar-refractivity contribution in [3.8, 4) is 22.3 Å². The lowest BCUT2D eigenvalue weighted by molar-refractivity contribution is 0.315. The van der Waals surface area contributed by atoms with Gasteiger partial charge in [0.05, 0.1) is 10.0 Å². The molecule has 2 nitrogen and oxygen atoms in total. The number of halogens is 3. The summed E-state index contributed by atoms with van der Waals surface area (Å²) >= 11 is 19.4. The number of hydrogen-bond acceptors (Lipinski definition) is 3. The van der Waals surface area contributed by atoms with E-state index in [4.69, 9.17) is 39.5 Å². The minimum absolute atomic E-state index is 0.344. The van der Waals surface area contributed by atoms with E-state index in [0.29, 0.717) is 32.3 Å². The average molecular weight is 395 g/mol. The predicted octanol–water partition coefficient (Wildman–Crippen LogP) is 6.83. The molecule has 0 aliphatic heterocycles. The summed E-state index contributed by atoms with van der Waals surface area (Å²) in [6.07, 6.45) is 0. The van der Waals surface area contributed by atoms with E-state index in [1.165, 1.54) is 11.3 Å². The standard InChI is InChI=1S/C18H10Cl3NOS/c19-13-3-1-2-11(6-13)9-23-18-14(8-22)15(10-24-18)12-4-5-16(20)17(21)7-12/h1-7,10H,9H2. The minimum Gasteiger partial charge on any atom is -0.478 e. The van der Waals surface area contributed by atoms with Gasteiger partial charge in [0.1, 0.15) is 18.2 Å². The van der Waals surface area contributed by atoms with Crippen LogP contribution in [0, 0.1) is 11.3 Å². The Kier molecular flexibility index (Phi) is 5.33. The Balaban J connectivity index is 1.87. The molecule has 24 heavy (non-hydrogen) atoms. The fourth-order valence-corrected chi connectivity index (χ4v) is 3.59. The summed E-state index contributed by atoms with van der Waals surface area (Å²) in [6, 6.07) is 14.9. The van der Waals surface area contributed by atoms with E-state index in [2.05, 4.69) is 6.07 Å². The topological polar surface area (TPSA) is 33.0 Å². The van der Waals surface area contributed by atoms with Crippen molar-refractivity contribution in [2.45, 2.75) is 6.61 Å². The number of rotatable bonds is 4. The quantitative estimate of drug-likeness (QED) is 0.486. The summed E-state index contributed by atoms with van der Waals surface area (Å²) in [6.45, 7) is 0.344. The van der Waals surface area contributed by atoms with E-state index < -0.39 is 0 Å². The summed E-state index contributed by atoms with van der Waals surface area (Å²) in [5, 5.41) is 13.5. The summed E-state index contributed by atoms with van der Waals surface area (Å²) < 4.78 is 5.80. The first-order chi connectivity index (χ1) is 11.6. The van der Waals surface area contributed by atoms with Crippen LogP contribution in [0.3, 0.4) is 0 Å². The molecule has 120 valence electrons. The van der Waals surface area contributed by atoms with Crippen LogP contribution in [0.1, 0.15) is 11.1 Å². The first kappa shape index (κ1) is 17.1. The molecule has 0 bridgehead atoms. The van der Waals surface area contributed by atoms with Crippen LogP contribution in [0.2, 0.25) is 15.1 Å². The molecule has 1 aromatic heterocycles. The van der Waals surface area contributed by atoms with Crippen molar-refractivity contribution in [1.82, 2.24) is 0 Å². The summed E-state index contributed by atoms with van der Waals surface area (Å²) in [5.74, 6) is 0. The third-order valence-corrected chi connectivity index (χ3v) is 5.22. The Hall–Kier alpha value is -1.70. The lowest BCUT2D eigenvalue weighted by Crippen LogP contribution is -1.95. The smallest absolute Gasteiger partial charge is 0.192 e. The number of nitriles is 1. The van der Waals surface area contributed by atoms with Crippen molar-refractivity contribution < 1.29 is 4.74 Å². The van der Waals surface area contributed by atoms with Gasteiger partial charge in [0.15, 0.2) is 5.06 Å². The van der Waals surface area contributed by atoms with E-state index in [1.54, 1.807) is 18.2 Å². The van der Waals surface area contributed by atoms with Gasteiger partial charge in [0.2, 0.25) is 0 Å². The molecule has 0 saturated carbocycles. The Morgan fingerprint density at radius 1 is 1.04 bits per heavy atom. The van der Waals surface area contributed by atoms with Crippen LogP contribution in [0.25, 0.3) is 11.1 Å². The molecule has 3 rings (SSSR count). The molecule has 0 N–H and O–H groups in total. The third-order valence-electron chi connectivity index (χ3n) is 3.36. The van der Waals surface area contributed by atoms with Crippen LogP contribution in [-0.2, 0) is 6.61 Å². The molecule has 3 aromatic rings. The van der Waals surface area contributed by atoms with Gasteiger partial charge < -0.3 is 4.74 Å². The van der Waals surface area contributed by atoms with Gasteiger partial charge in [-0.1, -0.05) is 53.0 Å². The molecule has 0 radical (unpaired) electrons. The maximum atomic E-state index is 9.51. The van der Waals surface area contributed by atoms with Gasteiger partial charge in [0, 0.05) is 16.0 Å². The highest BCUT2D eigenvalue weighted by molar-refractivity contribution is 7.12. The van der Waals surface area contributed by atoms with Crippen LogP contribution in [0.4, 0.5) is 0 Å². The largest absolute Gasteiger partial charge is 0.478 e. The normalized spacial score (nSPS) is 10.4. The van der Waals surface area contributed by atoms with Crippen molar-refractivity contribution in [2.24, 2.45) is 0 Å². The van der Waals surface area contributed by atoms with Crippen molar-refractivity contribution in [3.63, 3.8) is 0 Å². The second-order valence-electron chi connectivity index (χ2n) is 4.97. The predicted molar refractivity (Wildman–Crippen MR) is 100 cm³/mol. The average Bonchev–Trinajstić information content (AvgIpc) is 2.98. The second-order valence-corrected chi connectivity index (χ2v) is 7.06. The zero-order valence-electron chi connectivity index (χ0n) is 12.2. The summed E-state index contributed by atoms with van der Waals surface area (Å²) in [7, 11) is 0. The van der Waals surface area contributed by atoms with Gasteiger partial charge in [-0.3, -0.25) is 0 Å². The minimum atomic E-state index is 0.344. The highest BCUT2D eigenvalue weighted by Crippen LogP contribution is 2.39.